The molecule has 0 aliphatic heterocycles. The zero-order chi connectivity index (χ0) is 13.5. The number of carbonyl (C=O) groups excluding carboxylic acids is 1. The molecule has 98 valence electrons. The quantitative estimate of drug-likeness (QED) is 0.729. The number of hydrogen-bond donors (Lipinski definition) is 2. The van der Waals surface area contributed by atoms with Gasteiger partial charge in [-0.25, -0.2) is 4.79 Å². The van der Waals surface area contributed by atoms with Crippen LogP contribution in [0.5, 0.6) is 0 Å². The second-order valence-corrected chi connectivity index (χ2v) is 4.47. The van der Waals surface area contributed by atoms with Gasteiger partial charge in [-0.2, -0.15) is 8.78 Å². The molecule has 1 fully saturated rings. The lowest BCUT2D eigenvalue weighted by Gasteiger charge is -2.34. The van der Waals surface area contributed by atoms with E-state index in [-0.39, 0.29) is 17.3 Å². The Bertz CT molecular complexity index is 478. The summed E-state index contributed by atoms with van der Waals surface area (Å²) in [4.78, 5) is 11.2. The summed E-state index contributed by atoms with van der Waals surface area (Å²) in [5, 5.41) is 2.36. The van der Waals surface area contributed by atoms with Gasteiger partial charge in [-0.15, -0.1) is 5.73 Å². The Morgan fingerprint density at radius 2 is 2.28 bits per heavy atom. The van der Waals surface area contributed by atoms with Crippen LogP contribution in [-0.4, -0.2) is 19.1 Å². The van der Waals surface area contributed by atoms with Gasteiger partial charge < -0.3 is 10.5 Å². The van der Waals surface area contributed by atoms with E-state index in [4.69, 9.17) is 0 Å². The Kier molecular flexibility index (Phi) is 3.00. The number of carbonyl (C=O) groups is 1. The standard InChI is InChI=1S/C12H14F2N2O2/c1-3-8(16-11(17)18-2)9-6-4-5-7(6)12(13,14)10(9)15/h6-7H,1,4-5,15H2,2H3,(H,16,17)/p+1. The van der Waals surface area contributed by atoms with Crippen LogP contribution in [0.3, 0.4) is 0 Å². The molecule has 4 N–H and O–H groups in total. The first-order valence-corrected chi connectivity index (χ1v) is 5.63. The minimum atomic E-state index is -2.90. The van der Waals surface area contributed by atoms with Crippen molar-refractivity contribution in [1.29, 1.82) is 0 Å². The van der Waals surface area contributed by atoms with Crippen molar-refractivity contribution in [3.05, 3.63) is 29.3 Å². The first kappa shape index (κ1) is 12.8. The summed E-state index contributed by atoms with van der Waals surface area (Å²) >= 11 is 0. The van der Waals surface area contributed by atoms with Crippen LogP contribution in [0.2, 0.25) is 0 Å². The zero-order valence-corrected chi connectivity index (χ0v) is 10.1. The molecule has 0 aromatic heterocycles. The van der Waals surface area contributed by atoms with Crippen LogP contribution in [0.25, 0.3) is 0 Å². The highest BCUT2D eigenvalue weighted by Crippen LogP contribution is 2.57. The number of ether oxygens (including phenoxy) is 1. The summed E-state index contributed by atoms with van der Waals surface area (Å²) < 4.78 is 32.2. The molecule has 2 aliphatic rings. The van der Waals surface area contributed by atoms with E-state index in [2.05, 4.69) is 28.1 Å². The van der Waals surface area contributed by atoms with Crippen LogP contribution in [0, 0.1) is 11.8 Å². The second kappa shape index (κ2) is 4.23. The maximum Gasteiger partial charge on any atom is 0.411 e. The third-order valence-corrected chi connectivity index (χ3v) is 3.70. The van der Waals surface area contributed by atoms with Crippen molar-refractivity contribution in [2.45, 2.75) is 18.8 Å². The summed E-state index contributed by atoms with van der Waals surface area (Å²) in [7, 11) is 1.20. The number of fused-ring (bicyclic) bond motifs is 1. The van der Waals surface area contributed by atoms with E-state index in [1.165, 1.54) is 7.11 Å². The number of methoxy groups -OCH3 is 1. The third kappa shape index (κ3) is 1.65. The van der Waals surface area contributed by atoms with Gasteiger partial charge in [-0.05, 0) is 12.8 Å². The molecular formula is C12H15F2N2O2+. The third-order valence-electron chi connectivity index (χ3n) is 3.70. The highest BCUT2D eigenvalue weighted by molar-refractivity contribution is 5.71. The molecule has 0 radical (unpaired) electrons. The lowest BCUT2D eigenvalue weighted by atomic mass is 9.71. The Hall–Kier alpha value is -1.65. The van der Waals surface area contributed by atoms with Crippen molar-refractivity contribution in [3.63, 3.8) is 0 Å². The highest BCUT2D eigenvalue weighted by atomic mass is 19.3. The van der Waals surface area contributed by atoms with Crippen molar-refractivity contribution >= 4 is 6.09 Å². The Morgan fingerprint density at radius 1 is 1.61 bits per heavy atom. The van der Waals surface area contributed by atoms with Gasteiger partial charge in [0.15, 0.2) is 5.70 Å². The maximum atomic E-state index is 13.9. The Morgan fingerprint density at radius 3 is 2.67 bits per heavy atom. The summed E-state index contributed by atoms with van der Waals surface area (Å²) in [6.07, 6.45) is 0.415. The topological polar surface area (TPSA) is 66.0 Å². The van der Waals surface area contributed by atoms with Gasteiger partial charge in [-0.3, -0.25) is 5.32 Å². The molecule has 0 saturated heterocycles. The number of allylic oxidation sites excluding steroid dienone is 2. The van der Waals surface area contributed by atoms with Gasteiger partial charge in [-0.1, -0.05) is 6.58 Å². The predicted octanol–water partition coefficient (Wildman–Crippen LogP) is 1.18. The summed E-state index contributed by atoms with van der Waals surface area (Å²) in [6.45, 7) is 3.42. The number of alkyl carbamates (subject to hydrolysis) is 1. The molecule has 18 heavy (non-hydrogen) atoms. The van der Waals surface area contributed by atoms with Crippen molar-refractivity contribution < 1.29 is 24.0 Å². The van der Waals surface area contributed by atoms with Crippen LogP contribution in [0.15, 0.2) is 29.3 Å². The molecule has 0 aromatic carbocycles. The van der Waals surface area contributed by atoms with Gasteiger partial charge in [0.1, 0.15) is 0 Å². The van der Waals surface area contributed by atoms with E-state index < -0.39 is 17.9 Å². The van der Waals surface area contributed by atoms with Gasteiger partial charge in [0.25, 0.3) is 0 Å². The molecule has 1 amide bonds. The number of amides is 1. The van der Waals surface area contributed by atoms with Crippen molar-refractivity contribution in [2.24, 2.45) is 11.8 Å². The minimum absolute atomic E-state index is 0.152. The molecule has 2 atom stereocenters. The van der Waals surface area contributed by atoms with Gasteiger partial charge >= 0.3 is 12.0 Å². The first-order valence-electron chi connectivity index (χ1n) is 5.63. The second-order valence-electron chi connectivity index (χ2n) is 4.47. The molecule has 0 heterocycles. The molecule has 1 saturated carbocycles. The number of quaternary nitrogens is 1. The smallest absolute Gasteiger partial charge is 0.411 e. The van der Waals surface area contributed by atoms with E-state index in [0.29, 0.717) is 18.4 Å². The molecule has 2 unspecified atom stereocenters. The number of hydrogen-bond acceptors (Lipinski definition) is 2. The lowest BCUT2D eigenvalue weighted by molar-refractivity contribution is -0.344. The molecule has 0 aromatic rings. The molecule has 0 spiro atoms. The summed E-state index contributed by atoms with van der Waals surface area (Å²) in [5.74, 6) is -3.88. The molecular weight excluding hydrogens is 242 g/mol. The average Bonchev–Trinajstić information content (AvgIpc) is 2.41. The summed E-state index contributed by atoms with van der Waals surface area (Å²) in [6, 6.07) is 0. The van der Waals surface area contributed by atoms with Crippen molar-refractivity contribution in [2.75, 3.05) is 7.11 Å². The van der Waals surface area contributed by atoms with Gasteiger partial charge in [0.2, 0.25) is 0 Å². The van der Waals surface area contributed by atoms with E-state index in [1.54, 1.807) is 0 Å². The van der Waals surface area contributed by atoms with E-state index in [0.717, 1.165) is 0 Å². The normalized spacial score (nSPS) is 28.0. The Labute approximate surface area is 103 Å². The van der Waals surface area contributed by atoms with E-state index in [9.17, 15) is 13.6 Å². The molecule has 6 heteroatoms. The number of nitrogens with one attached hydrogen (secondary N) is 1. The van der Waals surface area contributed by atoms with Gasteiger partial charge in [0.05, 0.1) is 18.4 Å². The fraction of sp³-hybridized carbons (Fsp3) is 0.500. The van der Waals surface area contributed by atoms with Crippen LogP contribution in [-0.2, 0) is 4.74 Å². The van der Waals surface area contributed by atoms with Crippen molar-refractivity contribution in [1.82, 2.24) is 5.32 Å². The lowest BCUT2D eigenvalue weighted by Crippen LogP contribution is -2.56. The molecule has 0 bridgehead atoms. The predicted molar refractivity (Wildman–Crippen MR) is 59.3 cm³/mol. The Balaban J connectivity index is 2.34. The first-order chi connectivity index (χ1) is 8.43. The minimum Gasteiger partial charge on any atom is -0.453 e. The monoisotopic (exact) mass is 257 g/mol. The zero-order valence-electron chi connectivity index (χ0n) is 10.1. The molecule has 2 rings (SSSR count). The van der Waals surface area contributed by atoms with E-state index in [1.807, 2.05) is 0 Å². The summed E-state index contributed by atoms with van der Waals surface area (Å²) in [5.41, 5.74) is 6.22. The highest BCUT2D eigenvalue weighted by Gasteiger charge is 2.62. The number of alkyl halides is 2. The molecule has 4 nitrogen and oxygen atoms in total. The van der Waals surface area contributed by atoms with Crippen LogP contribution in [0.1, 0.15) is 12.8 Å². The number of halogens is 2. The van der Waals surface area contributed by atoms with E-state index >= 15 is 0 Å². The van der Waals surface area contributed by atoms with Crippen LogP contribution >= 0.6 is 0 Å². The fourth-order valence-electron chi connectivity index (χ4n) is 2.60. The SMILES string of the molecule is C=C=C(NC(=O)OC)C1=C([NH3+])C(F)(F)C2CCC12. The van der Waals surface area contributed by atoms with Gasteiger partial charge in [0, 0.05) is 11.8 Å². The number of rotatable bonds is 2. The fourth-order valence-corrected chi connectivity index (χ4v) is 2.60. The maximum absolute atomic E-state index is 13.9. The average molecular weight is 257 g/mol. The van der Waals surface area contributed by atoms with Crippen LogP contribution in [0.4, 0.5) is 13.6 Å². The van der Waals surface area contributed by atoms with Crippen LogP contribution < -0.4 is 11.1 Å². The molecule has 2 aliphatic carbocycles. The van der Waals surface area contributed by atoms with Crippen molar-refractivity contribution in [3.8, 4) is 0 Å². The largest absolute Gasteiger partial charge is 0.453 e.